The fourth-order valence-corrected chi connectivity index (χ4v) is 10.9. The van der Waals surface area contributed by atoms with Crippen LogP contribution in [-0.2, 0) is 56.2 Å². The van der Waals surface area contributed by atoms with Crippen LogP contribution in [0.3, 0.4) is 0 Å². The number of aromatic nitrogens is 1. The van der Waals surface area contributed by atoms with Gasteiger partial charge in [-0.3, -0.25) is 39.1 Å². The number of hydrogen-bond acceptors (Lipinski definition) is 20. The number of Topliss-reactive ketones (excluding diaryl/α,β-unsaturated/α-hetero) is 3. The molecule has 4 heterocycles. The van der Waals surface area contributed by atoms with Crippen molar-refractivity contribution in [3.63, 3.8) is 0 Å². The van der Waals surface area contributed by atoms with Gasteiger partial charge in [0.05, 0.1) is 61.2 Å². The molecular formula is C52H56BClN6O16S2. The number of methoxy groups -OCH3 is 2. The predicted molar refractivity (Wildman–Crippen MR) is 283 cm³/mol. The van der Waals surface area contributed by atoms with E-state index in [2.05, 4.69) is 20.2 Å². The zero-order valence-corrected chi connectivity index (χ0v) is 46.2. The van der Waals surface area contributed by atoms with Gasteiger partial charge < -0.3 is 43.2 Å². The quantitative estimate of drug-likeness (QED) is 0.0175. The van der Waals surface area contributed by atoms with Crippen LogP contribution in [0.5, 0.6) is 23.0 Å². The average Bonchev–Trinajstić information content (AvgIpc) is 4.20. The summed E-state index contributed by atoms with van der Waals surface area (Å²) in [4.78, 5) is 120. The highest BCUT2D eigenvalue weighted by Gasteiger charge is 2.66. The van der Waals surface area contributed by atoms with Gasteiger partial charge in [0.1, 0.15) is 36.0 Å². The lowest BCUT2D eigenvalue weighted by Crippen LogP contribution is -2.60. The molecule has 2 radical (unpaired) electrons. The van der Waals surface area contributed by atoms with Gasteiger partial charge in [-0.15, -0.1) is 11.3 Å². The maximum Gasteiger partial charge on any atom is 0.378 e. The summed E-state index contributed by atoms with van der Waals surface area (Å²) in [7, 11) is 8.49. The maximum absolute atomic E-state index is 14.1. The van der Waals surface area contributed by atoms with Crippen LogP contribution in [0.1, 0.15) is 79.6 Å². The number of carbonyl (C=O) groups excluding carboxylic acids is 8. The smallest absolute Gasteiger partial charge is 0.378 e. The number of urea groups is 1. The Morgan fingerprint density at radius 1 is 0.910 bits per heavy atom. The third-order valence-electron chi connectivity index (χ3n) is 12.5. The molecule has 22 nitrogen and oxygen atoms in total. The number of halogens is 1. The predicted octanol–water partition coefficient (Wildman–Crippen LogP) is 5.15. The largest absolute Gasteiger partial charge is 0.541 e. The Labute approximate surface area is 463 Å². The number of amides is 4. The Bertz CT molecular complexity index is 3010. The van der Waals surface area contributed by atoms with E-state index < -0.39 is 106 Å². The van der Waals surface area contributed by atoms with Gasteiger partial charge >= 0.3 is 26.0 Å². The minimum absolute atomic E-state index is 0.0278. The lowest BCUT2D eigenvalue weighted by molar-refractivity contribution is -0.179. The van der Waals surface area contributed by atoms with Crippen LogP contribution in [-0.4, -0.2) is 148 Å². The van der Waals surface area contributed by atoms with Crippen molar-refractivity contribution in [2.75, 3.05) is 40.5 Å². The summed E-state index contributed by atoms with van der Waals surface area (Å²) >= 11 is 8.88. The second kappa shape index (κ2) is 24.2. The molecule has 0 saturated carbocycles. The number of aryl methyl sites for hydroxylation is 1. The van der Waals surface area contributed by atoms with Gasteiger partial charge in [-0.05, 0) is 89.1 Å². The van der Waals surface area contributed by atoms with Gasteiger partial charge in [0.2, 0.25) is 33.9 Å². The van der Waals surface area contributed by atoms with Gasteiger partial charge in [0.15, 0.2) is 23.0 Å². The van der Waals surface area contributed by atoms with E-state index in [1.807, 2.05) is 0 Å². The number of oxime groups is 1. The monoisotopic (exact) mass is 1130 g/mol. The molecule has 26 heteroatoms. The number of fused-ring (bicyclic) bond motifs is 1. The third kappa shape index (κ3) is 12.9. The molecular weight excluding hydrogens is 1070 g/mol. The van der Waals surface area contributed by atoms with E-state index in [0.29, 0.717) is 22.1 Å². The summed E-state index contributed by atoms with van der Waals surface area (Å²) in [6, 6.07) is 15.8. The molecule has 0 spiro atoms. The van der Waals surface area contributed by atoms with E-state index in [1.165, 1.54) is 49.3 Å². The molecule has 3 fully saturated rings. The Morgan fingerprint density at radius 3 is 2.10 bits per heavy atom. The van der Waals surface area contributed by atoms with Crippen molar-refractivity contribution in [1.29, 1.82) is 0 Å². The molecule has 412 valence electrons. The van der Waals surface area contributed by atoms with Crippen LogP contribution in [0.2, 0.25) is 5.02 Å². The number of thiazole rings is 1. The number of ether oxygens (including phenoxy) is 5. The Morgan fingerprint density at radius 2 is 1.54 bits per heavy atom. The highest BCUT2D eigenvalue weighted by atomic mass is 35.5. The fourth-order valence-electron chi connectivity index (χ4n) is 8.27. The van der Waals surface area contributed by atoms with Gasteiger partial charge in [0, 0.05) is 30.3 Å². The van der Waals surface area contributed by atoms with Gasteiger partial charge in [-0.1, -0.05) is 52.8 Å². The molecule has 3 aliphatic heterocycles. The van der Waals surface area contributed by atoms with Crippen molar-refractivity contribution in [3.8, 4) is 23.0 Å². The average molecular weight is 1130 g/mol. The standard InChI is InChI=1S/C52H56BClN6O16S2/c1-28-55-36(26-77-28)41(57-76-51(5,6)47(67)74-50(2,3)4)37(62)22-35-45(66)58-27-52(48(68)75-53,78-46(35)58)59-19-20-60(49(59)69)56-44(65)31(23-61)21-38(63)42(64)34-17-18-39(72-24-29-9-13-32(70-7)14-10-29)43(40(34)54)73-25-30-11-15-33(71-8)16-12-30/h9-18,26,31,35,46,61H,19-25,27H2,1-8H3,(H,56,65)/b57-41-/t31-,35+,46+,52+/m0/s1. The van der Waals surface area contributed by atoms with E-state index in [-0.39, 0.29) is 59.8 Å². The van der Waals surface area contributed by atoms with Crippen LogP contribution in [0.15, 0.2) is 71.2 Å². The molecule has 0 bridgehead atoms. The van der Waals surface area contributed by atoms with E-state index >= 15 is 0 Å². The molecule has 78 heavy (non-hydrogen) atoms. The summed E-state index contributed by atoms with van der Waals surface area (Å²) in [5, 5.41) is 16.3. The number of aliphatic hydroxyl groups excluding tert-OH is 1. The minimum atomic E-state index is -1.96. The fraction of sp³-hybridized carbons (Fsp3) is 0.423. The van der Waals surface area contributed by atoms with Crippen molar-refractivity contribution in [2.45, 2.75) is 89.0 Å². The number of ketones is 3. The van der Waals surface area contributed by atoms with Gasteiger partial charge in [-0.2, -0.15) is 0 Å². The summed E-state index contributed by atoms with van der Waals surface area (Å²) in [5.41, 5.74) is 0.959. The molecule has 0 aliphatic carbocycles. The van der Waals surface area contributed by atoms with Gasteiger partial charge in [-0.25, -0.2) is 19.6 Å². The number of nitrogens with one attached hydrogen (secondary N) is 1. The van der Waals surface area contributed by atoms with Crippen LogP contribution in [0.4, 0.5) is 4.79 Å². The number of aliphatic hydroxyl groups is 1. The number of carbonyl (C=O) groups is 8. The summed E-state index contributed by atoms with van der Waals surface area (Å²) in [5.74, 6) is -7.54. The number of benzene rings is 3. The molecule has 4 aromatic rings. The first-order valence-corrected chi connectivity index (χ1v) is 26.3. The lowest BCUT2D eigenvalue weighted by Gasteiger charge is -2.40. The molecule has 3 saturated heterocycles. The molecule has 2 N–H and O–H groups in total. The Kier molecular flexibility index (Phi) is 18.1. The first kappa shape index (κ1) is 58.5. The number of β-lactam (4-membered cyclic amide) rings is 1. The van der Waals surface area contributed by atoms with Crippen molar-refractivity contribution in [1.82, 2.24) is 25.2 Å². The van der Waals surface area contributed by atoms with Crippen LogP contribution in [0, 0.1) is 18.8 Å². The minimum Gasteiger partial charge on any atom is -0.541 e. The molecule has 4 amide bonds. The summed E-state index contributed by atoms with van der Waals surface area (Å²) < 4.78 is 32.8. The van der Waals surface area contributed by atoms with Gasteiger partial charge in [0.25, 0.3) is 0 Å². The second-order valence-corrected chi connectivity index (χ2v) is 22.5. The van der Waals surface area contributed by atoms with Crippen LogP contribution < -0.4 is 24.4 Å². The lowest BCUT2D eigenvalue weighted by atomic mass is 9.90. The SMILES string of the molecule is [B]OC(=O)[C@@]1(N2CCN(NC(=O)[C@H](CO)CC(=O)C(=O)c3ccc(OCc4ccc(OC)cc4)c(OCc4ccc(OC)cc4)c3Cl)C2=O)CN2C(=O)[C@@H](CC(=O)/C(=N\OC(C)(C)C(=O)OC(C)(C)C)c3csc(C)n3)[C@H]2S1. The van der Waals surface area contributed by atoms with Crippen LogP contribution >= 0.6 is 34.7 Å². The number of esters is 1. The van der Waals surface area contributed by atoms with E-state index in [0.717, 1.165) is 27.2 Å². The highest BCUT2D eigenvalue weighted by molar-refractivity contribution is 8.02. The summed E-state index contributed by atoms with van der Waals surface area (Å²) in [6.07, 6.45) is -1.26. The highest BCUT2D eigenvalue weighted by Crippen LogP contribution is 2.53. The van der Waals surface area contributed by atoms with Crippen molar-refractivity contribution >= 4 is 95.6 Å². The number of hydrogen-bond donors (Lipinski definition) is 2. The maximum atomic E-state index is 14.1. The zero-order chi connectivity index (χ0) is 56.9. The van der Waals surface area contributed by atoms with E-state index in [9.17, 15) is 43.5 Å². The van der Waals surface area contributed by atoms with Crippen molar-refractivity contribution < 1.29 is 76.6 Å². The zero-order valence-electron chi connectivity index (χ0n) is 43.8. The number of thioether (sulfide) groups is 1. The molecule has 3 aliphatic rings. The molecule has 4 atom stereocenters. The van der Waals surface area contributed by atoms with E-state index in [4.69, 9.17) is 48.2 Å². The van der Waals surface area contributed by atoms with Crippen molar-refractivity contribution in [2.24, 2.45) is 17.0 Å². The molecule has 0 unspecified atom stereocenters. The third-order valence-corrected chi connectivity index (χ3v) is 15.4. The van der Waals surface area contributed by atoms with Crippen LogP contribution in [0.25, 0.3) is 0 Å². The second-order valence-electron chi connectivity index (χ2n) is 19.6. The summed E-state index contributed by atoms with van der Waals surface area (Å²) in [6.45, 7) is 7.83. The Balaban J connectivity index is 1.01. The first-order valence-electron chi connectivity index (χ1n) is 24.2. The Hall–Kier alpha value is -7.22. The molecule has 1 aromatic heterocycles. The number of rotatable bonds is 24. The molecule has 3 aromatic carbocycles. The number of hydrazine groups is 1. The van der Waals surface area contributed by atoms with E-state index in [1.54, 1.807) is 88.7 Å². The first-order chi connectivity index (χ1) is 36.9. The normalized spacial score (nSPS) is 18.6. The van der Waals surface area contributed by atoms with Crippen molar-refractivity contribution in [3.05, 3.63) is 98.5 Å². The number of nitrogens with zero attached hydrogens (tertiary/aromatic N) is 5. The molecule has 7 rings (SSSR count). The topological polar surface area (TPSA) is 268 Å².